The zero-order chi connectivity index (χ0) is 16.4. The lowest BCUT2D eigenvalue weighted by molar-refractivity contribution is -0.130. The fraction of sp³-hybridized carbons (Fsp3) is 0.647. The summed E-state index contributed by atoms with van der Waals surface area (Å²) in [6.07, 6.45) is 4.03. The zero-order valence-corrected chi connectivity index (χ0v) is 14.2. The summed E-state index contributed by atoms with van der Waals surface area (Å²) in [7, 11) is 5.32. The average Bonchev–Trinajstić information content (AvgIpc) is 3.12. The molecule has 2 saturated heterocycles. The van der Waals surface area contributed by atoms with Crippen molar-refractivity contribution in [1.82, 2.24) is 19.7 Å². The summed E-state index contributed by atoms with van der Waals surface area (Å²) in [5.74, 6) is 0.909. The maximum atomic E-state index is 12.0. The molecule has 2 aliphatic rings. The van der Waals surface area contributed by atoms with Crippen molar-refractivity contribution in [3.63, 3.8) is 0 Å². The van der Waals surface area contributed by atoms with E-state index in [9.17, 15) is 4.79 Å². The van der Waals surface area contributed by atoms with Crippen molar-refractivity contribution in [2.75, 3.05) is 40.8 Å². The number of nitrogens with zero attached hydrogens (tertiary/aromatic N) is 4. The molecule has 126 valence electrons. The normalized spacial score (nSPS) is 24.7. The van der Waals surface area contributed by atoms with Crippen molar-refractivity contribution in [2.24, 2.45) is 0 Å². The van der Waals surface area contributed by atoms with Crippen LogP contribution in [-0.4, -0.2) is 78.5 Å². The third-order valence-electron chi connectivity index (χ3n) is 5.06. The molecule has 0 bridgehead atoms. The van der Waals surface area contributed by atoms with E-state index in [4.69, 9.17) is 4.74 Å². The van der Waals surface area contributed by atoms with Crippen molar-refractivity contribution in [2.45, 2.75) is 31.5 Å². The third kappa shape index (κ3) is 3.33. The lowest BCUT2D eigenvalue weighted by Crippen LogP contribution is -2.41. The van der Waals surface area contributed by atoms with Gasteiger partial charge in [-0.15, -0.1) is 0 Å². The van der Waals surface area contributed by atoms with Gasteiger partial charge in [0.15, 0.2) is 0 Å². The number of pyridine rings is 1. The first-order chi connectivity index (χ1) is 11.1. The minimum absolute atomic E-state index is 0.193. The largest absolute Gasteiger partial charge is 0.481 e. The molecule has 0 aliphatic carbocycles. The third-order valence-corrected chi connectivity index (χ3v) is 5.06. The van der Waals surface area contributed by atoms with Crippen molar-refractivity contribution in [3.05, 3.63) is 23.9 Å². The highest BCUT2D eigenvalue weighted by Gasteiger charge is 2.42. The first-order valence-electron chi connectivity index (χ1n) is 8.26. The molecule has 2 fully saturated rings. The van der Waals surface area contributed by atoms with E-state index in [-0.39, 0.29) is 5.91 Å². The van der Waals surface area contributed by atoms with Gasteiger partial charge in [0.1, 0.15) is 0 Å². The Hall–Kier alpha value is -1.66. The van der Waals surface area contributed by atoms with E-state index in [0.717, 1.165) is 38.0 Å². The Bertz CT molecular complexity index is 563. The molecule has 0 aromatic carbocycles. The Kier molecular flexibility index (Phi) is 4.82. The summed E-state index contributed by atoms with van der Waals surface area (Å²) in [5.41, 5.74) is 1.14. The molecule has 3 heterocycles. The maximum Gasteiger partial charge on any atom is 0.236 e. The molecule has 2 atom stereocenters. The van der Waals surface area contributed by atoms with E-state index in [1.165, 1.54) is 0 Å². The van der Waals surface area contributed by atoms with Crippen molar-refractivity contribution in [1.29, 1.82) is 0 Å². The Morgan fingerprint density at radius 1 is 1.30 bits per heavy atom. The van der Waals surface area contributed by atoms with Crippen LogP contribution in [0, 0.1) is 0 Å². The van der Waals surface area contributed by atoms with E-state index < -0.39 is 0 Å². The number of rotatable bonds is 5. The predicted molar refractivity (Wildman–Crippen MR) is 88.3 cm³/mol. The molecule has 3 rings (SSSR count). The molecular weight excluding hydrogens is 292 g/mol. The summed E-state index contributed by atoms with van der Waals surface area (Å²) in [5, 5.41) is 0. The molecule has 23 heavy (non-hydrogen) atoms. The molecule has 0 saturated carbocycles. The molecular formula is C17H26N4O2. The fourth-order valence-corrected chi connectivity index (χ4v) is 3.82. The van der Waals surface area contributed by atoms with Gasteiger partial charge < -0.3 is 9.64 Å². The number of amides is 1. The first-order valence-corrected chi connectivity index (χ1v) is 8.26. The Labute approximate surface area is 138 Å². The number of likely N-dealkylation sites (tertiary alicyclic amines) is 2. The number of likely N-dealkylation sites (N-methyl/N-ethyl adjacent to an activating group) is 1. The van der Waals surface area contributed by atoms with Crippen LogP contribution in [0.15, 0.2) is 18.3 Å². The van der Waals surface area contributed by atoms with E-state index in [2.05, 4.69) is 20.9 Å². The highest BCUT2D eigenvalue weighted by Crippen LogP contribution is 2.33. The molecule has 0 N–H and O–H groups in total. The summed E-state index contributed by atoms with van der Waals surface area (Å²) >= 11 is 0. The number of carbonyl (C=O) groups is 1. The van der Waals surface area contributed by atoms with Crippen LogP contribution in [0.25, 0.3) is 0 Å². The van der Waals surface area contributed by atoms with Gasteiger partial charge in [0.2, 0.25) is 11.8 Å². The number of carbonyl (C=O) groups excluding carboxylic acids is 1. The van der Waals surface area contributed by atoms with Gasteiger partial charge in [0, 0.05) is 57.6 Å². The van der Waals surface area contributed by atoms with Gasteiger partial charge in [0.05, 0.1) is 13.7 Å². The van der Waals surface area contributed by atoms with Gasteiger partial charge in [-0.3, -0.25) is 14.6 Å². The van der Waals surface area contributed by atoms with Crippen molar-refractivity contribution < 1.29 is 9.53 Å². The van der Waals surface area contributed by atoms with Gasteiger partial charge in [-0.25, -0.2) is 4.98 Å². The second-order valence-electron chi connectivity index (χ2n) is 6.61. The number of fused-ring (bicyclic) bond motifs is 1. The average molecular weight is 318 g/mol. The van der Waals surface area contributed by atoms with Crippen LogP contribution < -0.4 is 4.74 Å². The lowest BCUT2D eigenvalue weighted by atomic mass is 10.1. The summed E-state index contributed by atoms with van der Waals surface area (Å²) in [6.45, 7) is 3.49. The molecule has 1 aromatic rings. The Morgan fingerprint density at radius 3 is 2.70 bits per heavy atom. The molecule has 2 aliphatic heterocycles. The zero-order valence-electron chi connectivity index (χ0n) is 14.2. The highest BCUT2D eigenvalue weighted by atomic mass is 16.5. The van der Waals surface area contributed by atoms with Gasteiger partial charge >= 0.3 is 0 Å². The topological polar surface area (TPSA) is 48.9 Å². The fourth-order valence-electron chi connectivity index (χ4n) is 3.82. The van der Waals surface area contributed by atoms with Crippen LogP contribution in [0.1, 0.15) is 18.4 Å². The summed E-state index contributed by atoms with van der Waals surface area (Å²) < 4.78 is 5.37. The molecule has 1 amide bonds. The van der Waals surface area contributed by atoms with Crippen LogP contribution in [0.3, 0.4) is 0 Å². The summed E-state index contributed by atoms with van der Waals surface area (Å²) in [6, 6.07) is 5.08. The molecule has 6 nitrogen and oxygen atoms in total. The second kappa shape index (κ2) is 6.84. The van der Waals surface area contributed by atoms with Gasteiger partial charge in [-0.2, -0.15) is 0 Å². The quantitative estimate of drug-likeness (QED) is 0.805. The van der Waals surface area contributed by atoms with Gasteiger partial charge in [0.25, 0.3) is 0 Å². The smallest absolute Gasteiger partial charge is 0.236 e. The van der Waals surface area contributed by atoms with E-state index in [0.29, 0.717) is 24.5 Å². The molecule has 1 aromatic heterocycles. The van der Waals surface area contributed by atoms with E-state index in [1.807, 2.05) is 20.2 Å². The SMILES string of the molecule is COc1ncccc1CN1CC[C@H]2[C@H]1CCN2CC(=O)N(C)C. The number of hydrogen-bond acceptors (Lipinski definition) is 5. The van der Waals surface area contributed by atoms with E-state index >= 15 is 0 Å². The Morgan fingerprint density at radius 2 is 2.00 bits per heavy atom. The van der Waals surface area contributed by atoms with Crippen LogP contribution in [-0.2, 0) is 11.3 Å². The van der Waals surface area contributed by atoms with E-state index in [1.54, 1.807) is 18.2 Å². The molecule has 6 heteroatoms. The lowest BCUT2D eigenvalue weighted by Gasteiger charge is -2.26. The standard InChI is InChI=1S/C17H26N4O2/c1-19(2)16(22)12-21-10-7-14-15(21)6-9-20(14)11-13-5-4-8-18-17(13)23-3/h4-5,8,14-15H,6-7,9-12H2,1-3H3/t14-,15+/m1/s1. The molecule has 0 unspecified atom stereocenters. The number of methoxy groups -OCH3 is 1. The second-order valence-corrected chi connectivity index (χ2v) is 6.61. The van der Waals surface area contributed by atoms with Gasteiger partial charge in [-0.1, -0.05) is 6.07 Å². The number of hydrogen-bond donors (Lipinski definition) is 0. The van der Waals surface area contributed by atoms with Crippen molar-refractivity contribution in [3.8, 4) is 5.88 Å². The summed E-state index contributed by atoms with van der Waals surface area (Å²) in [4.78, 5) is 22.8. The van der Waals surface area contributed by atoms with Crippen LogP contribution in [0.4, 0.5) is 0 Å². The molecule has 0 radical (unpaired) electrons. The maximum absolute atomic E-state index is 12.0. The molecule has 0 spiro atoms. The van der Waals surface area contributed by atoms with Crippen LogP contribution >= 0.6 is 0 Å². The number of ether oxygens (including phenoxy) is 1. The van der Waals surface area contributed by atoms with Gasteiger partial charge in [-0.05, 0) is 18.9 Å². The number of aromatic nitrogens is 1. The minimum atomic E-state index is 0.193. The first kappa shape index (κ1) is 16.2. The van der Waals surface area contributed by atoms with Crippen LogP contribution in [0.5, 0.6) is 5.88 Å². The monoisotopic (exact) mass is 318 g/mol. The predicted octanol–water partition coefficient (Wildman–Crippen LogP) is 0.827. The minimum Gasteiger partial charge on any atom is -0.481 e. The van der Waals surface area contributed by atoms with Crippen molar-refractivity contribution >= 4 is 5.91 Å². The Balaban J connectivity index is 1.64. The van der Waals surface area contributed by atoms with Crippen LogP contribution in [0.2, 0.25) is 0 Å². The highest BCUT2D eigenvalue weighted by molar-refractivity contribution is 5.77.